The molecule has 24 heavy (non-hydrogen) atoms. The van der Waals surface area contributed by atoms with E-state index in [1.807, 2.05) is 0 Å². The lowest BCUT2D eigenvalue weighted by Crippen LogP contribution is -2.32. The standard InChI is InChI=1S/C17H20F3NO3/c1-16(2,3)24-15(22)21-10-6-5-7-12-8-9-14(23-4)13(11-12)17(18,19)20/h8-9,11H,6,10H2,1-4H3,(H,21,22). The minimum atomic E-state index is -4.51. The van der Waals surface area contributed by atoms with E-state index in [9.17, 15) is 18.0 Å². The molecule has 0 fully saturated rings. The van der Waals surface area contributed by atoms with Crippen LogP contribution in [0, 0.1) is 11.8 Å². The fraction of sp³-hybridized carbons (Fsp3) is 0.471. The van der Waals surface area contributed by atoms with Crippen LogP contribution in [0.2, 0.25) is 0 Å². The average Bonchev–Trinajstić information content (AvgIpc) is 2.44. The first-order valence-corrected chi connectivity index (χ1v) is 7.24. The normalized spacial score (nSPS) is 11.3. The molecule has 0 saturated carbocycles. The number of ether oxygens (including phenoxy) is 2. The molecule has 1 N–H and O–H groups in total. The molecule has 0 aliphatic heterocycles. The van der Waals surface area contributed by atoms with Crippen molar-refractivity contribution >= 4 is 6.09 Å². The maximum absolute atomic E-state index is 12.9. The molecular weight excluding hydrogens is 323 g/mol. The maximum atomic E-state index is 12.9. The van der Waals surface area contributed by atoms with Gasteiger partial charge in [-0.1, -0.05) is 11.8 Å². The quantitative estimate of drug-likeness (QED) is 0.667. The lowest BCUT2D eigenvalue weighted by atomic mass is 10.1. The third-order valence-corrected chi connectivity index (χ3v) is 2.66. The van der Waals surface area contributed by atoms with Gasteiger partial charge in [-0.05, 0) is 39.0 Å². The highest BCUT2D eigenvalue weighted by Crippen LogP contribution is 2.36. The second-order valence-electron chi connectivity index (χ2n) is 5.89. The molecule has 4 nitrogen and oxygen atoms in total. The van der Waals surface area contributed by atoms with Crippen molar-refractivity contribution in [2.75, 3.05) is 13.7 Å². The summed E-state index contributed by atoms with van der Waals surface area (Å²) in [4.78, 5) is 11.4. The first kappa shape index (κ1) is 19.7. The van der Waals surface area contributed by atoms with Gasteiger partial charge in [0.1, 0.15) is 11.4 Å². The number of carbonyl (C=O) groups is 1. The lowest BCUT2D eigenvalue weighted by Gasteiger charge is -2.19. The second-order valence-corrected chi connectivity index (χ2v) is 5.89. The highest BCUT2D eigenvalue weighted by molar-refractivity contribution is 5.67. The zero-order valence-corrected chi connectivity index (χ0v) is 14.0. The van der Waals surface area contributed by atoms with Crippen molar-refractivity contribution in [1.29, 1.82) is 0 Å². The van der Waals surface area contributed by atoms with Gasteiger partial charge in [-0.3, -0.25) is 0 Å². The van der Waals surface area contributed by atoms with Gasteiger partial charge in [0.25, 0.3) is 0 Å². The molecule has 0 radical (unpaired) electrons. The Balaban J connectivity index is 2.63. The number of halogens is 3. The molecule has 0 aliphatic rings. The van der Waals surface area contributed by atoms with Crippen LogP contribution < -0.4 is 10.1 Å². The summed E-state index contributed by atoms with van der Waals surface area (Å²) in [7, 11) is 1.18. The Morgan fingerprint density at radius 3 is 2.46 bits per heavy atom. The van der Waals surface area contributed by atoms with E-state index in [4.69, 9.17) is 9.47 Å². The van der Waals surface area contributed by atoms with Crippen molar-refractivity contribution in [2.45, 2.75) is 39.0 Å². The van der Waals surface area contributed by atoms with Gasteiger partial charge in [0, 0.05) is 18.5 Å². The van der Waals surface area contributed by atoms with Crippen LogP contribution in [-0.4, -0.2) is 25.3 Å². The van der Waals surface area contributed by atoms with E-state index in [0.717, 1.165) is 6.07 Å². The summed E-state index contributed by atoms with van der Waals surface area (Å²) < 4.78 is 48.4. The van der Waals surface area contributed by atoms with Gasteiger partial charge in [0.05, 0.1) is 12.7 Å². The smallest absolute Gasteiger partial charge is 0.420 e. The van der Waals surface area contributed by atoms with Crippen LogP contribution in [0.1, 0.15) is 38.3 Å². The molecule has 132 valence electrons. The van der Waals surface area contributed by atoms with Gasteiger partial charge in [-0.2, -0.15) is 13.2 Å². The van der Waals surface area contributed by atoms with Crippen molar-refractivity contribution in [2.24, 2.45) is 0 Å². The zero-order chi connectivity index (χ0) is 18.4. The lowest BCUT2D eigenvalue weighted by molar-refractivity contribution is -0.138. The third kappa shape index (κ3) is 6.82. The van der Waals surface area contributed by atoms with Gasteiger partial charge < -0.3 is 14.8 Å². The summed E-state index contributed by atoms with van der Waals surface area (Å²) in [5, 5.41) is 2.52. The summed E-state index contributed by atoms with van der Waals surface area (Å²) >= 11 is 0. The van der Waals surface area contributed by atoms with E-state index in [1.54, 1.807) is 20.8 Å². The zero-order valence-electron chi connectivity index (χ0n) is 14.0. The van der Waals surface area contributed by atoms with Gasteiger partial charge in [-0.25, -0.2) is 4.79 Å². The molecule has 1 amide bonds. The van der Waals surface area contributed by atoms with Crippen molar-refractivity contribution in [3.05, 3.63) is 29.3 Å². The van der Waals surface area contributed by atoms with Crippen molar-refractivity contribution in [1.82, 2.24) is 5.32 Å². The Hall–Kier alpha value is -2.36. The van der Waals surface area contributed by atoms with E-state index in [-0.39, 0.29) is 24.3 Å². The predicted molar refractivity (Wildman–Crippen MR) is 83.7 cm³/mol. The summed E-state index contributed by atoms with van der Waals surface area (Å²) in [6, 6.07) is 3.61. The Morgan fingerprint density at radius 1 is 1.25 bits per heavy atom. The van der Waals surface area contributed by atoms with E-state index in [0.29, 0.717) is 0 Å². The van der Waals surface area contributed by atoms with Gasteiger partial charge in [-0.15, -0.1) is 0 Å². The number of alkyl halides is 3. The van der Waals surface area contributed by atoms with E-state index in [1.165, 1.54) is 19.2 Å². The molecule has 0 saturated heterocycles. The molecule has 0 unspecified atom stereocenters. The number of nitrogens with one attached hydrogen (secondary N) is 1. The minimum Gasteiger partial charge on any atom is -0.496 e. The topological polar surface area (TPSA) is 47.6 Å². The molecule has 1 aromatic carbocycles. The van der Waals surface area contributed by atoms with E-state index in [2.05, 4.69) is 17.2 Å². The molecule has 0 atom stereocenters. The van der Waals surface area contributed by atoms with Gasteiger partial charge in [0.15, 0.2) is 0 Å². The Morgan fingerprint density at radius 2 is 1.92 bits per heavy atom. The van der Waals surface area contributed by atoms with Crippen molar-refractivity contribution in [3.8, 4) is 17.6 Å². The van der Waals surface area contributed by atoms with Gasteiger partial charge in [0.2, 0.25) is 0 Å². The Labute approximate surface area is 139 Å². The fourth-order valence-corrected chi connectivity index (χ4v) is 1.71. The first-order valence-electron chi connectivity index (χ1n) is 7.24. The van der Waals surface area contributed by atoms with Crippen molar-refractivity contribution < 1.29 is 27.4 Å². The fourth-order valence-electron chi connectivity index (χ4n) is 1.71. The largest absolute Gasteiger partial charge is 0.496 e. The number of carbonyl (C=O) groups excluding carboxylic acids is 1. The summed E-state index contributed by atoms with van der Waals surface area (Å²) in [5.41, 5.74) is -1.24. The number of methoxy groups -OCH3 is 1. The molecule has 0 bridgehead atoms. The highest BCUT2D eigenvalue weighted by atomic mass is 19.4. The number of alkyl carbamates (subject to hydrolysis) is 1. The first-order chi connectivity index (χ1) is 11.0. The highest BCUT2D eigenvalue weighted by Gasteiger charge is 2.34. The summed E-state index contributed by atoms with van der Waals surface area (Å²) in [5.74, 6) is 5.09. The molecule has 0 heterocycles. The SMILES string of the molecule is COc1ccc(C#CCCNC(=O)OC(C)(C)C)cc1C(F)(F)F. The maximum Gasteiger partial charge on any atom is 0.420 e. The Kier molecular flexibility index (Phi) is 6.52. The molecular formula is C17H20F3NO3. The number of rotatable bonds is 3. The molecule has 0 aromatic heterocycles. The number of hydrogen-bond acceptors (Lipinski definition) is 3. The van der Waals surface area contributed by atoms with Gasteiger partial charge >= 0.3 is 12.3 Å². The molecule has 0 spiro atoms. The second kappa shape index (κ2) is 7.95. The summed E-state index contributed by atoms with van der Waals surface area (Å²) in [6.45, 7) is 5.47. The van der Waals surface area contributed by atoms with Crippen molar-refractivity contribution in [3.63, 3.8) is 0 Å². The monoisotopic (exact) mass is 343 g/mol. The average molecular weight is 343 g/mol. The van der Waals surface area contributed by atoms with Crippen LogP contribution in [0.5, 0.6) is 5.75 Å². The molecule has 0 aliphatic carbocycles. The van der Waals surface area contributed by atoms with E-state index < -0.39 is 23.4 Å². The molecule has 1 aromatic rings. The molecule has 7 heteroatoms. The number of benzene rings is 1. The minimum absolute atomic E-state index is 0.223. The van der Waals surface area contributed by atoms with Crippen LogP contribution in [0.3, 0.4) is 0 Å². The van der Waals surface area contributed by atoms with Crippen LogP contribution in [0.4, 0.5) is 18.0 Å². The predicted octanol–water partition coefficient (Wildman–Crippen LogP) is 3.98. The van der Waals surface area contributed by atoms with Crippen LogP contribution in [-0.2, 0) is 10.9 Å². The number of hydrogen-bond donors (Lipinski definition) is 1. The summed E-state index contributed by atoms with van der Waals surface area (Å²) in [6.07, 6.45) is -4.79. The van der Waals surface area contributed by atoms with E-state index >= 15 is 0 Å². The van der Waals surface area contributed by atoms with Crippen LogP contribution >= 0.6 is 0 Å². The Bertz CT molecular complexity index is 637. The van der Waals surface area contributed by atoms with Crippen LogP contribution in [0.15, 0.2) is 18.2 Å². The third-order valence-electron chi connectivity index (χ3n) is 2.66. The molecule has 1 rings (SSSR count). The number of amides is 1. The van der Waals surface area contributed by atoms with Crippen LogP contribution in [0.25, 0.3) is 0 Å².